The fraction of sp³-hybridized carbons (Fsp3) is 0.323. The Balaban J connectivity index is 1.70. The highest BCUT2D eigenvalue weighted by molar-refractivity contribution is 5.95. The van der Waals surface area contributed by atoms with E-state index in [1.54, 1.807) is 12.1 Å². The standard InChI is InChI=1S/C31H28F6N4O7/c1-29(2)25(41-27(43)40(28(44)48-41)21-11-7-9-19(15-21)31(35,36)37)39(20-10-6-8-18(14-20)30(32,33)34)26(42)38(29)16-17-12-22(45-3)24(47-5)23(13-17)46-4/h6-15,25H,16H2,1-5H3. The molecule has 1 unspecified atom stereocenters. The maximum atomic E-state index is 14.2. The monoisotopic (exact) mass is 682 g/mol. The fourth-order valence-corrected chi connectivity index (χ4v) is 5.63. The van der Waals surface area contributed by atoms with E-state index in [2.05, 4.69) is 0 Å². The smallest absolute Gasteiger partial charge is 0.447 e. The molecule has 1 atom stereocenters. The number of rotatable bonds is 8. The number of hydrogen-bond acceptors (Lipinski definition) is 7. The molecule has 5 rings (SSSR count). The first-order valence-electron chi connectivity index (χ1n) is 14.0. The Labute approximate surface area is 268 Å². The molecule has 17 heteroatoms. The summed E-state index contributed by atoms with van der Waals surface area (Å²) in [5.74, 6) is -0.663. The molecule has 1 fully saturated rings. The van der Waals surface area contributed by atoms with Crippen LogP contribution < -0.4 is 30.6 Å². The van der Waals surface area contributed by atoms with Crippen LogP contribution in [-0.2, 0) is 18.9 Å². The second-order valence-corrected chi connectivity index (χ2v) is 11.2. The van der Waals surface area contributed by atoms with Gasteiger partial charge in [-0.25, -0.2) is 14.4 Å². The quantitative estimate of drug-likeness (QED) is 0.208. The van der Waals surface area contributed by atoms with Crippen molar-refractivity contribution in [3.63, 3.8) is 0 Å². The van der Waals surface area contributed by atoms with E-state index >= 15 is 0 Å². The summed E-state index contributed by atoms with van der Waals surface area (Å²) in [6, 6.07) is 9.30. The molecule has 1 aliphatic heterocycles. The number of hydrogen-bond donors (Lipinski definition) is 0. The molecular formula is C31H28F6N4O7. The molecule has 4 aromatic rings. The molecule has 0 spiro atoms. The zero-order valence-electron chi connectivity index (χ0n) is 26.0. The van der Waals surface area contributed by atoms with Gasteiger partial charge in [-0.15, -0.1) is 4.74 Å². The van der Waals surface area contributed by atoms with E-state index in [1.807, 2.05) is 0 Å². The number of nitrogens with zero attached hydrogens (tertiary/aromatic N) is 4. The molecule has 1 aliphatic rings. The van der Waals surface area contributed by atoms with Crippen molar-refractivity contribution in [3.8, 4) is 22.9 Å². The second kappa shape index (κ2) is 12.0. The largest absolute Gasteiger partial charge is 0.493 e. The summed E-state index contributed by atoms with van der Waals surface area (Å²) in [7, 11) is 4.14. The van der Waals surface area contributed by atoms with E-state index in [9.17, 15) is 40.7 Å². The lowest BCUT2D eigenvalue weighted by molar-refractivity contribution is -0.138. The fourth-order valence-electron chi connectivity index (χ4n) is 5.63. The first-order chi connectivity index (χ1) is 22.4. The van der Waals surface area contributed by atoms with Gasteiger partial charge in [0.25, 0.3) is 0 Å². The average Bonchev–Trinajstić information content (AvgIpc) is 3.42. The summed E-state index contributed by atoms with van der Waals surface area (Å²) in [4.78, 5) is 43.2. The van der Waals surface area contributed by atoms with Crippen LogP contribution in [0.2, 0.25) is 0 Å². The lowest BCUT2D eigenvalue weighted by atomic mass is 9.99. The Bertz CT molecular complexity index is 1950. The van der Waals surface area contributed by atoms with E-state index in [-0.39, 0.29) is 29.5 Å². The number of amides is 2. The molecule has 2 heterocycles. The van der Waals surface area contributed by atoms with E-state index in [1.165, 1.54) is 46.1 Å². The molecule has 0 saturated carbocycles. The minimum atomic E-state index is -4.81. The van der Waals surface area contributed by atoms with Crippen LogP contribution in [0.1, 0.15) is 36.7 Å². The first-order valence-corrected chi connectivity index (χ1v) is 14.0. The molecule has 2 amide bonds. The van der Waals surface area contributed by atoms with Gasteiger partial charge in [-0.1, -0.05) is 12.1 Å². The van der Waals surface area contributed by atoms with Gasteiger partial charge in [0.05, 0.1) is 43.7 Å². The minimum Gasteiger partial charge on any atom is -0.493 e. The summed E-state index contributed by atoms with van der Waals surface area (Å²) in [6.45, 7) is 2.74. The summed E-state index contributed by atoms with van der Waals surface area (Å²) >= 11 is 0. The predicted molar refractivity (Wildman–Crippen MR) is 158 cm³/mol. The number of alkyl halides is 6. The van der Waals surface area contributed by atoms with Crippen molar-refractivity contribution in [2.75, 3.05) is 26.2 Å². The summed E-state index contributed by atoms with van der Waals surface area (Å²) < 4.78 is 104. The van der Waals surface area contributed by atoms with E-state index < -0.39 is 58.3 Å². The minimum absolute atomic E-state index is 0.220. The van der Waals surface area contributed by atoms with Gasteiger partial charge >= 0.3 is 29.8 Å². The van der Waals surface area contributed by atoms with Crippen LogP contribution >= 0.6 is 0 Å². The molecular weight excluding hydrogens is 654 g/mol. The zero-order chi connectivity index (χ0) is 35.3. The van der Waals surface area contributed by atoms with Gasteiger partial charge in [0, 0.05) is 12.2 Å². The predicted octanol–water partition coefficient (Wildman–Crippen LogP) is 6.08. The molecule has 0 radical (unpaired) electrons. The van der Waals surface area contributed by atoms with Crippen molar-refractivity contribution in [3.05, 3.63) is 98.4 Å². The van der Waals surface area contributed by atoms with Gasteiger partial charge in [-0.05, 0) is 67.9 Å². The van der Waals surface area contributed by atoms with Gasteiger partial charge in [-0.2, -0.15) is 30.9 Å². The molecule has 0 aliphatic carbocycles. The van der Waals surface area contributed by atoms with Crippen molar-refractivity contribution in [1.29, 1.82) is 0 Å². The lowest BCUT2D eigenvalue weighted by Crippen LogP contribution is -2.46. The summed E-state index contributed by atoms with van der Waals surface area (Å²) in [5, 5.41) is 0. The van der Waals surface area contributed by atoms with E-state index in [0.717, 1.165) is 35.2 Å². The van der Waals surface area contributed by atoms with Crippen molar-refractivity contribution in [1.82, 2.24) is 14.2 Å². The van der Waals surface area contributed by atoms with Crippen LogP contribution in [0, 0.1) is 0 Å². The third-order valence-electron chi connectivity index (χ3n) is 7.92. The molecule has 48 heavy (non-hydrogen) atoms. The number of ether oxygens (including phenoxy) is 3. The summed E-state index contributed by atoms with van der Waals surface area (Å²) in [5.41, 5.74) is -5.44. The summed E-state index contributed by atoms with van der Waals surface area (Å²) in [6.07, 6.45) is -11.2. The highest BCUT2D eigenvalue weighted by Crippen LogP contribution is 2.45. The van der Waals surface area contributed by atoms with Crippen LogP contribution in [0.4, 0.5) is 36.8 Å². The number of anilines is 1. The molecule has 0 N–H and O–H groups in total. The second-order valence-electron chi connectivity index (χ2n) is 11.2. The SMILES string of the molecule is COc1cc(CN2C(=O)N(c3cccc(C(F)(F)F)c3)C(n3oc(=O)n(-c4cccc(C(F)(F)F)c4)c3=O)C2(C)C)cc(OC)c1OC. The normalized spacial score (nSPS) is 16.4. The number of carbonyl (C=O) groups is 1. The van der Waals surface area contributed by atoms with Crippen LogP contribution in [-0.4, -0.2) is 47.1 Å². The Morgan fingerprint density at radius 1 is 0.771 bits per heavy atom. The van der Waals surface area contributed by atoms with Gasteiger partial charge in [0.2, 0.25) is 5.75 Å². The van der Waals surface area contributed by atoms with Crippen LogP contribution in [0.5, 0.6) is 17.2 Å². The Kier molecular flexibility index (Phi) is 8.52. The van der Waals surface area contributed by atoms with Crippen LogP contribution in [0.25, 0.3) is 5.69 Å². The van der Waals surface area contributed by atoms with Crippen molar-refractivity contribution >= 4 is 11.7 Å². The Morgan fingerprint density at radius 2 is 1.29 bits per heavy atom. The molecule has 11 nitrogen and oxygen atoms in total. The number of urea groups is 1. The van der Waals surface area contributed by atoms with Gasteiger partial charge < -0.3 is 23.6 Å². The maximum Gasteiger partial charge on any atom is 0.447 e. The number of carbonyl (C=O) groups excluding carboxylic acids is 1. The molecule has 3 aromatic carbocycles. The van der Waals surface area contributed by atoms with Gasteiger partial charge in [0.1, 0.15) is 0 Å². The average molecular weight is 683 g/mol. The number of methoxy groups -OCH3 is 3. The highest BCUT2D eigenvalue weighted by atomic mass is 19.4. The van der Waals surface area contributed by atoms with Crippen molar-refractivity contribution in [2.24, 2.45) is 0 Å². The molecule has 256 valence electrons. The van der Waals surface area contributed by atoms with Crippen LogP contribution in [0.3, 0.4) is 0 Å². The van der Waals surface area contributed by atoms with E-state index in [0.29, 0.717) is 27.0 Å². The number of aromatic nitrogens is 2. The first kappa shape index (κ1) is 34.0. The number of halogens is 6. The Morgan fingerprint density at radius 3 is 1.79 bits per heavy atom. The highest BCUT2D eigenvalue weighted by Gasteiger charge is 2.55. The third-order valence-corrected chi connectivity index (χ3v) is 7.92. The van der Waals surface area contributed by atoms with Gasteiger partial charge in [-0.3, -0.25) is 4.90 Å². The number of benzene rings is 3. The van der Waals surface area contributed by atoms with Gasteiger partial charge in [0.15, 0.2) is 17.7 Å². The van der Waals surface area contributed by atoms with Crippen molar-refractivity contribution < 1.29 is 49.9 Å². The Hall–Kier alpha value is -5.35. The van der Waals surface area contributed by atoms with Crippen LogP contribution in [0.15, 0.2) is 74.8 Å². The maximum absolute atomic E-state index is 14.2. The molecule has 1 saturated heterocycles. The molecule has 0 bridgehead atoms. The lowest BCUT2D eigenvalue weighted by Gasteiger charge is -2.34. The van der Waals surface area contributed by atoms with Crippen molar-refractivity contribution in [2.45, 2.75) is 44.4 Å². The van der Waals surface area contributed by atoms with E-state index in [4.69, 9.17) is 18.7 Å². The zero-order valence-corrected chi connectivity index (χ0v) is 26.0. The third kappa shape index (κ3) is 5.84. The topological polar surface area (TPSA) is 108 Å². The molecule has 1 aromatic heterocycles.